The van der Waals surface area contributed by atoms with Crippen LogP contribution in [0.3, 0.4) is 0 Å². The molecule has 0 aliphatic carbocycles. The molecule has 138 valence electrons. The summed E-state index contributed by atoms with van der Waals surface area (Å²) in [4.78, 5) is 24.8. The van der Waals surface area contributed by atoms with Crippen LogP contribution in [0.15, 0.2) is 54.7 Å². The maximum absolute atomic E-state index is 12.4. The Balaban J connectivity index is 1.87. The Bertz CT molecular complexity index is 698. The van der Waals surface area contributed by atoms with Crippen molar-refractivity contribution < 1.29 is 18.9 Å². The molecule has 1 aromatic carbocycles. The highest BCUT2D eigenvalue weighted by atomic mass is 16.5. The monoisotopic (exact) mass is 354 g/mol. The highest BCUT2D eigenvalue weighted by molar-refractivity contribution is 5.95. The van der Waals surface area contributed by atoms with E-state index in [4.69, 9.17) is 4.74 Å². The van der Waals surface area contributed by atoms with Gasteiger partial charge in [0.15, 0.2) is 6.20 Å². The van der Waals surface area contributed by atoms with Gasteiger partial charge in [0, 0.05) is 17.7 Å². The summed E-state index contributed by atoms with van der Waals surface area (Å²) in [5.41, 5.74) is 1.04. The lowest BCUT2D eigenvalue weighted by Crippen LogP contribution is -2.43. The lowest BCUT2D eigenvalue weighted by atomic mass is 10.1. The van der Waals surface area contributed by atoms with Crippen molar-refractivity contribution in [3.05, 3.63) is 66.0 Å². The molecule has 0 saturated heterocycles. The van der Waals surface area contributed by atoms with Crippen molar-refractivity contribution in [3.63, 3.8) is 0 Å². The van der Waals surface area contributed by atoms with Crippen LogP contribution in [0, 0.1) is 0 Å². The number of unbranched alkanes of at least 4 members (excludes halogenated alkanes) is 5. The van der Waals surface area contributed by atoms with Gasteiger partial charge in [-0.1, -0.05) is 69.4 Å². The molecule has 1 aromatic heterocycles. The molecule has 0 radical (unpaired) electrons. The minimum Gasteiger partial charge on any atom is -0.458 e. The number of carbonyl (C=O) groups is 2. The van der Waals surface area contributed by atoms with E-state index in [9.17, 15) is 9.59 Å². The number of ether oxygens (including phenoxy) is 1. The van der Waals surface area contributed by atoms with Crippen LogP contribution in [-0.2, 0) is 11.3 Å². The summed E-state index contributed by atoms with van der Waals surface area (Å²) in [6.45, 7) is 2.73. The fraction of sp³-hybridized carbons (Fsp3) is 0.409. The zero-order valence-electron chi connectivity index (χ0n) is 15.5. The first kappa shape index (κ1) is 19.8. The van der Waals surface area contributed by atoms with E-state index in [1.807, 2.05) is 24.3 Å². The summed E-state index contributed by atoms with van der Waals surface area (Å²) in [5.74, 6) is -0.410. The fourth-order valence-corrected chi connectivity index (χ4v) is 2.79. The average Bonchev–Trinajstić information content (AvgIpc) is 2.68. The van der Waals surface area contributed by atoms with Crippen molar-refractivity contribution in [2.24, 2.45) is 0 Å². The molecule has 4 heteroatoms. The van der Waals surface area contributed by atoms with Gasteiger partial charge in [-0.05, 0) is 12.5 Å². The fourth-order valence-electron chi connectivity index (χ4n) is 2.79. The van der Waals surface area contributed by atoms with Crippen LogP contribution in [0.2, 0.25) is 0 Å². The van der Waals surface area contributed by atoms with Gasteiger partial charge in [-0.15, -0.1) is 0 Å². The number of esters is 1. The Hall–Kier alpha value is -2.49. The third-order valence-electron chi connectivity index (χ3n) is 4.29. The highest BCUT2D eigenvalue weighted by Crippen LogP contribution is 2.06. The van der Waals surface area contributed by atoms with Gasteiger partial charge in [-0.2, -0.15) is 4.57 Å². The number of carbonyl (C=O) groups excluding carboxylic acids is 2. The van der Waals surface area contributed by atoms with Gasteiger partial charge in [-0.25, -0.2) is 4.79 Å². The number of ketones is 1. The van der Waals surface area contributed by atoms with Gasteiger partial charge in [-0.3, -0.25) is 4.79 Å². The molecule has 0 spiro atoms. The zero-order chi connectivity index (χ0) is 18.6. The van der Waals surface area contributed by atoms with E-state index < -0.39 is 0 Å². The van der Waals surface area contributed by atoms with E-state index in [1.54, 1.807) is 35.0 Å². The molecule has 0 N–H and O–H groups in total. The normalized spacial score (nSPS) is 10.5. The molecule has 4 nitrogen and oxygen atoms in total. The topological polar surface area (TPSA) is 47.2 Å². The number of nitrogens with zero attached hydrogens (tertiary/aromatic N) is 1. The minimum absolute atomic E-state index is 0.0354. The molecule has 0 fully saturated rings. The van der Waals surface area contributed by atoms with E-state index in [-0.39, 0.29) is 18.3 Å². The van der Waals surface area contributed by atoms with Gasteiger partial charge >= 0.3 is 5.97 Å². The first-order chi connectivity index (χ1) is 12.7. The van der Waals surface area contributed by atoms with E-state index in [2.05, 4.69) is 6.92 Å². The second-order valence-electron chi connectivity index (χ2n) is 6.41. The average molecular weight is 354 g/mol. The van der Waals surface area contributed by atoms with Crippen LogP contribution in [0.4, 0.5) is 0 Å². The summed E-state index contributed by atoms with van der Waals surface area (Å²) < 4.78 is 7.04. The first-order valence-corrected chi connectivity index (χ1v) is 9.46. The first-order valence-electron chi connectivity index (χ1n) is 9.46. The highest BCUT2D eigenvalue weighted by Gasteiger charge is 2.22. The van der Waals surface area contributed by atoms with Crippen LogP contribution in [0.1, 0.15) is 66.3 Å². The third-order valence-corrected chi connectivity index (χ3v) is 4.29. The molecular formula is C22H28NO3+. The summed E-state index contributed by atoms with van der Waals surface area (Å²) in [6.07, 6.45) is 8.61. The Morgan fingerprint density at radius 1 is 0.885 bits per heavy atom. The van der Waals surface area contributed by atoms with Crippen molar-refractivity contribution in [2.75, 3.05) is 6.61 Å². The van der Waals surface area contributed by atoms with Crippen LogP contribution in [-0.4, -0.2) is 18.4 Å². The SMILES string of the molecule is CCCCCCCCOC(=O)c1cccc[n+]1CC(=O)c1ccccc1. The summed E-state index contributed by atoms with van der Waals surface area (Å²) in [6, 6.07) is 14.4. The molecule has 26 heavy (non-hydrogen) atoms. The molecular weight excluding hydrogens is 326 g/mol. The summed E-state index contributed by atoms with van der Waals surface area (Å²) in [7, 11) is 0. The maximum Gasteiger partial charge on any atom is 0.403 e. The van der Waals surface area contributed by atoms with Gasteiger partial charge in [0.05, 0.1) is 6.61 Å². The van der Waals surface area contributed by atoms with Gasteiger partial charge in [0.2, 0.25) is 12.3 Å². The molecule has 2 rings (SSSR count). The van der Waals surface area contributed by atoms with Crippen molar-refractivity contribution in [3.8, 4) is 0 Å². The van der Waals surface area contributed by atoms with E-state index in [0.717, 1.165) is 12.8 Å². The van der Waals surface area contributed by atoms with Crippen molar-refractivity contribution in [1.29, 1.82) is 0 Å². The predicted molar refractivity (Wildman–Crippen MR) is 101 cm³/mol. The number of hydrogen-bond acceptors (Lipinski definition) is 3. The third kappa shape index (κ3) is 6.43. The number of hydrogen-bond donors (Lipinski definition) is 0. The number of benzene rings is 1. The van der Waals surface area contributed by atoms with Crippen molar-refractivity contribution in [2.45, 2.75) is 52.0 Å². The van der Waals surface area contributed by atoms with Crippen molar-refractivity contribution in [1.82, 2.24) is 0 Å². The lowest BCUT2D eigenvalue weighted by molar-refractivity contribution is -0.685. The molecule has 0 aliphatic rings. The van der Waals surface area contributed by atoms with Crippen LogP contribution in [0.5, 0.6) is 0 Å². The van der Waals surface area contributed by atoms with Crippen LogP contribution < -0.4 is 4.57 Å². The van der Waals surface area contributed by atoms with Crippen LogP contribution in [0.25, 0.3) is 0 Å². The zero-order valence-corrected chi connectivity index (χ0v) is 15.5. The van der Waals surface area contributed by atoms with Gasteiger partial charge in [0.25, 0.3) is 5.69 Å². The predicted octanol–water partition coefficient (Wildman–Crippen LogP) is 4.37. The number of rotatable bonds is 11. The van der Waals surface area contributed by atoms with Crippen molar-refractivity contribution >= 4 is 11.8 Å². The molecule has 0 atom stereocenters. The quantitative estimate of drug-likeness (QED) is 0.260. The number of aromatic nitrogens is 1. The van der Waals surface area contributed by atoms with E-state index >= 15 is 0 Å². The molecule has 0 amide bonds. The molecule has 0 aliphatic heterocycles. The van der Waals surface area contributed by atoms with E-state index in [0.29, 0.717) is 17.9 Å². The van der Waals surface area contributed by atoms with Gasteiger partial charge < -0.3 is 4.74 Å². The lowest BCUT2D eigenvalue weighted by Gasteiger charge is -2.05. The largest absolute Gasteiger partial charge is 0.458 e. The second kappa shape index (κ2) is 11.2. The second-order valence-corrected chi connectivity index (χ2v) is 6.41. The number of pyridine rings is 1. The molecule has 1 heterocycles. The van der Waals surface area contributed by atoms with Crippen LogP contribution >= 0.6 is 0 Å². The standard InChI is InChI=1S/C22H28NO3/c1-2-3-4-5-6-12-17-26-22(25)20-15-10-11-16-23(20)18-21(24)19-13-8-7-9-14-19/h7-11,13-16H,2-6,12,17-18H2,1H3/q+1. The molecule has 2 aromatic rings. The molecule has 0 saturated carbocycles. The van der Waals surface area contributed by atoms with Gasteiger partial charge in [0.1, 0.15) is 0 Å². The summed E-state index contributed by atoms with van der Waals surface area (Å²) in [5, 5.41) is 0. The molecule has 0 unspecified atom stereocenters. The number of Topliss-reactive ketones (excluding diaryl/α,β-unsaturated/α-hetero) is 1. The Morgan fingerprint density at radius 2 is 1.58 bits per heavy atom. The molecule has 0 bridgehead atoms. The Morgan fingerprint density at radius 3 is 2.35 bits per heavy atom. The smallest absolute Gasteiger partial charge is 0.403 e. The Kier molecular flexibility index (Phi) is 8.53. The van der Waals surface area contributed by atoms with E-state index in [1.165, 1.54) is 25.7 Å². The Labute approximate surface area is 155 Å². The summed E-state index contributed by atoms with van der Waals surface area (Å²) >= 11 is 0. The maximum atomic E-state index is 12.4. The minimum atomic E-state index is -0.375.